The Kier molecular flexibility index (Phi) is 6.88. The molecule has 0 heterocycles. The molecule has 0 saturated heterocycles. The molecule has 1 atom stereocenters. The van der Waals surface area contributed by atoms with Crippen LogP contribution >= 0.6 is 0 Å². The predicted octanol–water partition coefficient (Wildman–Crippen LogP) is 2.27. The highest BCUT2D eigenvalue weighted by Crippen LogP contribution is 2.12. The highest BCUT2D eigenvalue weighted by molar-refractivity contribution is 5.95. The van der Waals surface area contributed by atoms with E-state index in [9.17, 15) is 9.59 Å². The van der Waals surface area contributed by atoms with Crippen molar-refractivity contribution in [3.8, 4) is 0 Å². The lowest BCUT2D eigenvalue weighted by Crippen LogP contribution is -2.30. The maximum Gasteiger partial charge on any atom is 0.253 e. The van der Waals surface area contributed by atoms with Crippen LogP contribution in [-0.2, 0) is 4.79 Å². The first-order chi connectivity index (χ1) is 9.97. The minimum Gasteiger partial charge on any atom is -0.393 e. The molecular weight excluding hydrogens is 268 g/mol. The van der Waals surface area contributed by atoms with E-state index in [2.05, 4.69) is 5.32 Å². The largest absolute Gasteiger partial charge is 0.393 e. The zero-order valence-corrected chi connectivity index (χ0v) is 12.9. The van der Waals surface area contributed by atoms with Crippen molar-refractivity contribution in [2.24, 2.45) is 0 Å². The highest BCUT2D eigenvalue weighted by Gasteiger charge is 2.12. The van der Waals surface area contributed by atoms with Crippen LogP contribution in [0.5, 0.6) is 0 Å². The maximum absolute atomic E-state index is 12.1. The molecule has 5 nitrogen and oxygen atoms in total. The SMILES string of the molecule is CCN(CC)C(=O)c1ccc(NC(=O)CCC(C)O)cc1. The number of carbonyl (C=O) groups excluding carboxylic acids is 2. The maximum atomic E-state index is 12.1. The number of hydrogen-bond acceptors (Lipinski definition) is 3. The fourth-order valence-corrected chi connectivity index (χ4v) is 1.95. The Morgan fingerprint density at radius 3 is 2.24 bits per heavy atom. The molecule has 0 aliphatic carbocycles. The standard InChI is InChI=1S/C16H24N2O3/c1-4-18(5-2)16(21)13-7-9-14(10-8-13)17-15(20)11-6-12(3)19/h7-10,12,19H,4-6,11H2,1-3H3,(H,17,20). The second-order valence-electron chi connectivity index (χ2n) is 4.99. The fraction of sp³-hybridized carbons (Fsp3) is 0.500. The van der Waals surface area contributed by atoms with Gasteiger partial charge < -0.3 is 15.3 Å². The Labute approximate surface area is 126 Å². The molecule has 2 N–H and O–H groups in total. The molecule has 21 heavy (non-hydrogen) atoms. The van der Waals surface area contributed by atoms with E-state index in [0.29, 0.717) is 30.8 Å². The Balaban J connectivity index is 2.61. The number of rotatable bonds is 7. The van der Waals surface area contributed by atoms with Crippen molar-refractivity contribution in [1.82, 2.24) is 4.90 Å². The zero-order chi connectivity index (χ0) is 15.8. The third-order valence-corrected chi connectivity index (χ3v) is 3.26. The first kappa shape index (κ1) is 17.2. The summed E-state index contributed by atoms with van der Waals surface area (Å²) >= 11 is 0. The number of nitrogens with one attached hydrogen (secondary N) is 1. The van der Waals surface area contributed by atoms with Crippen LogP contribution in [0.2, 0.25) is 0 Å². The zero-order valence-electron chi connectivity index (χ0n) is 12.9. The van der Waals surface area contributed by atoms with Gasteiger partial charge >= 0.3 is 0 Å². The van der Waals surface area contributed by atoms with E-state index in [4.69, 9.17) is 5.11 Å². The summed E-state index contributed by atoms with van der Waals surface area (Å²) in [6.45, 7) is 6.89. The molecule has 116 valence electrons. The molecule has 0 spiro atoms. The van der Waals surface area contributed by atoms with Gasteiger partial charge in [0.15, 0.2) is 0 Å². The summed E-state index contributed by atoms with van der Waals surface area (Å²) in [6, 6.07) is 6.86. The lowest BCUT2D eigenvalue weighted by molar-refractivity contribution is -0.116. The number of aliphatic hydroxyl groups excluding tert-OH is 1. The molecule has 2 amide bonds. The van der Waals surface area contributed by atoms with Gasteiger partial charge in [0.25, 0.3) is 5.91 Å². The van der Waals surface area contributed by atoms with E-state index in [1.807, 2.05) is 13.8 Å². The number of amides is 2. The summed E-state index contributed by atoms with van der Waals surface area (Å²) in [5.74, 6) is -0.147. The number of nitrogens with zero attached hydrogens (tertiary/aromatic N) is 1. The Morgan fingerprint density at radius 1 is 1.19 bits per heavy atom. The van der Waals surface area contributed by atoms with E-state index in [0.717, 1.165) is 0 Å². The average Bonchev–Trinajstić information content (AvgIpc) is 2.47. The summed E-state index contributed by atoms with van der Waals surface area (Å²) in [4.78, 5) is 25.5. The van der Waals surface area contributed by atoms with Crippen LogP contribution in [0.3, 0.4) is 0 Å². The van der Waals surface area contributed by atoms with Crippen LogP contribution in [0.25, 0.3) is 0 Å². The normalized spacial score (nSPS) is 11.8. The van der Waals surface area contributed by atoms with Crippen molar-refractivity contribution in [2.75, 3.05) is 18.4 Å². The number of aliphatic hydroxyl groups is 1. The summed E-state index contributed by atoms with van der Waals surface area (Å²) in [7, 11) is 0. The summed E-state index contributed by atoms with van der Waals surface area (Å²) in [5, 5.41) is 11.9. The lowest BCUT2D eigenvalue weighted by Gasteiger charge is -2.18. The topological polar surface area (TPSA) is 69.6 Å². The molecular formula is C16H24N2O3. The minimum absolute atomic E-state index is 0.00742. The number of hydrogen-bond donors (Lipinski definition) is 2. The van der Waals surface area contributed by atoms with Gasteiger partial charge in [-0.05, 0) is 51.5 Å². The Morgan fingerprint density at radius 2 is 1.76 bits per heavy atom. The second kappa shape index (κ2) is 8.42. The van der Waals surface area contributed by atoms with E-state index in [-0.39, 0.29) is 18.2 Å². The summed E-state index contributed by atoms with van der Waals surface area (Å²) in [5.41, 5.74) is 1.27. The molecule has 0 bridgehead atoms. The molecule has 1 rings (SSSR count). The van der Waals surface area contributed by atoms with Crippen LogP contribution in [-0.4, -0.2) is 41.0 Å². The van der Waals surface area contributed by atoms with Gasteiger partial charge in [0, 0.05) is 30.8 Å². The average molecular weight is 292 g/mol. The summed E-state index contributed by atoms with van der Waals surface area (Å²) in [6.07, 6.45) is 0.229. The van der Waals surface area contributed by atoms with E-state index < -0.39 is 6.10 Å². The van der Waals surface area contributed by atoms with E-state index in [1.54, 1.807) is 36.1 Å². The third kappa shape index (κ3) is 5.55. The molecule has 0 aromatic heterocycles. The van der Waals surface area contributed by atoms with Crippen LogP contribution in [0.15, 0.2) is 24.3 Å². The second-order valence-corrected chi connectivity index (χ2v) is 4.99. The summed E-state index contributed by atoms with van der Waals surface area (Å²) < 4.78 is 0. The quantitative estimate of drug-likeness (QED) is 0.810. The molecule has 1 unspecified atom stereocenters. The van der Waals surface area contributed by atoms with Gasteiger partial charge in [0.05, 0.1) is 6.10 Å². The first-order valence-corrected chi connectivity index (χ1v) is 7.35. The van der Waals surface area contributed by atoms with Gasteiger partial charge in [-0.15, -0.1) is 0 Å². The first-order valence-electron chi connectivity index (χ1n) is 7.35. The fourth-order valence-electron chi connectivity index (χ4n) is 1.95. The molecule has 1 aromatic carbocycles. The molecule has 5 heteroatoms. The molecule has 0 saturated carbocycles. The number of benzene rings is 1. The van der Waals surface area contributed by atoms with Crippen molar-refractivity contribution in [3.63, 3.8) is 0 Å². The molecule has 0 radical (unpaired) electrons. The van der Waals surface area contributed by atoms with Crippen LogP contribution in [0.4, 0.5) is 5.69 Å². The van der Waals surface area contributed by atoms with Gasteiger partial charge in [-0.1, -0.05) is 0 Å². The number of anilines is 1. The smallest absolute Gasteiger partial charge is 0.253 e. The van der Waals surface area contributed by atoms with E-state index >= 15 is 0 Å². The van der Waals surface area contributed by atoms with Crippen LogP contribution in [0.1, 0.15) is 44.0 Å². The van der Waals surface area contributed by atoms with Crippen molar-refractivity contribution in [2.45, 2.75) is 39.7 Å². The molecule has 0 aliphatic heterocycles. The molecule has 0 aliphatic rings. The monoisotopic (exact) mass is 292 g/mol. The van der Waals surface area contributed by atoms with Crippen molar-refractivity contribution >= 4 is 17.5 Å². The predicted molar refractivity (Wildman–Crippen MR) is 83.2 cm³/mol. The van der Waals surface area contributed by atoms with Gasteiger partial charge in [-0.2, -0.15) is 0 Å². The van der Waals surface area contributed by atoms with Gasteiger partial charge in [0.1, 0.15) is 0 Å². The van der Waals surface area contributed by atoms with Crippen molar-refractivity contribution in [1.29, 1.82) is 0 Å². The van der Waals surface area contributed by atoms with Gasteiger partial charge in [0.2, 0.25) is 5.91 Å². The van der Waals surface area contributed by atoms with Gasteiger partial charge in [-0.25, -0.2) is 0 Å². The molecule has 1 aromatic rings. The van der Waals surface area contributed by atoms with E-state index in [1.165, 1.54) is 0 Å². The third-order valence-electron chi connectivity index (χ3n) is 3.26. The molecule has 0 fully saturated rings. The Hall–Kier alpha value is -1.88. The van der Waals surface area contributed by atoms with Crippen LogP contribution in [0, 0.1) is 0 Å². The highest BCUT2D eigenvalue weighted by atomic mass is 16.3. The van der Waals surface area contributed by atoms with Crippen LogP contribution < -0.4 is 5.32 Å². The Bertz CT molecular complexity index is 465. The van der Waals surface area contributed by atoms with Crippen molar-refractivity contribution < 1.29 is 14.7 Å². The number of carbonyl (C=O) groups is 2. The minimum atomic E-state index is -0.482. The van der Waals surface area contributed by atoms with Gasteiger partial charge in [-0.3, -0.25) is 9.59 Å². The van der Waals surface area contributed by atoms with Crippen molar-refractivity contribution in [3.05, 3.63) is 29.8 Å². The lowest BCUT2D eigenvalue weighted by atomic mass is 10.1.